The Kier molecular flexibility index (Phi) is 3.78. The third-order valence-corrected chi connectivity index (χ3v) is 3.10. The number of benzene rings is 1. The highest BCUT2D eigenvalue weighted by atomic mass is 127. The van der Waals surface area contributed by atoms with Crippen LogP contribution in [0.4, 0.5) is 11.6 Å². The first-order valence-corrected chi connectivity index (χ1v) is 6.30. The van der Waals surface area contributed by atoms with Crippen molar-refractivity contribution in [3.05, 3.63) is 45.3 Å². The number of rotatable bonds is 3. The topological polar surface area (TPSA) is 63.8 Å². The predicted octanol–water partition coefficient (Wildman–Crippen LogP) is 2.58. The van der Waals surface area contributed by atoms with Crippen LogP contribution in [0.2, 0.25) is 0 Å². The lowest BCUT2D eigenvalue weighted by Gasteiger charge is -2.09. The normalized spacial score (nSPS) is 10.2. The highest BCUT2D eigenvalue weighted by Crippen LogP contribution is 2.16. The maximum Gasteiger partial charge on any atom is 0.222 e. The Morgan fingerprint density at radius 2 is 2.00 bits per heavy atom. The van der Waals surface area contributed by atoms with Gasteiger partial charge in [0.2, 0.25) is 5.95 Å². The highest BCUT2D eigenvalue weighted by Gasteiger charge is 2.02. The second kappa shape index (κ2) is 5.31. The molecule has 2 aromatic rings. The van der Waals surface area contributed by atoms with E-state index in [1.807, 2.05) is 25.1 Å². The summed E-state index contributed by atoms with van der Waals surface area (Å²) >= 11 is 2.18. The largest absolute Gasteiger partial charge is 0.399 e. The van der Waals surface area contributed by atoms with Crippen molar-refractivity contribution in [3.8, 4) is 0 Å². The average molecular weight is 340 g/mol. The van der Waals surface area contributed by atoms with Crippen LogP contribution < -0.4 is 11.1 Å². The Morgan fingerprint density at radius 1 is 1.29 bits per heavy atom. The second-order valence-corrected chi connectivity index (χ2v) is 4.96. The predicted molar refractivity (Wildman–Crippen MR) is 77.7 cm³/mol. The third kappa shape index (κ3) is 3.06. The number of nitrogen functional groups attached to an aromatic ring is 1. The summed E-state index contributed by atoms with van der Waals surface area (Å²) in [6, 6.07) is 5.90. The zero-order valence-corrected chi connectivity index (χ0v) is 11.6. The van der Waals surface area contributed by atoms with E-state index in [0.29, 0.717) is 12.5 Å². The second-order valence-electron chi connectivity index (χ2n) is 3.71. The Labute approximate surface area is 114 Å². The van der Waals surface area contributed by atoms with Crippen molar-refractivity contribution in [1.82, 2.24) is 9.97 Å². The molecule has 1 aromatic heterocycles. The number of aromatic nitrogens is 2. The number of hydrogen-bond acceptors (Lipinski definition) is 4. The van der Waals surface area contributed by atoms with Crippen LogP contribution in [0.5, 0.6) is 0 Å². The molecule has 2 rings (SSSR count). The van der Waals surface area contributed by atoms with Crippen molar-refractivity contribution in [2.45, 2.75) is 13.5 Å². The van der Waals surface area contributed by atoms with E-state index in [-0.39, 0.29) is 0 Å². The quantitative estimate of drug-likeness (QED) is 0.666. The monoisotopic (exact) mass is 340 g/mol. The molecular formula is C12H13IN4. The van der Waals surface area contributed by atoms with Crippen LogP contribution in [-0.4, -0.2) is 9.97 Å². The van der Waals surface area contributed by atoms with Crippen LogP contribution >= 0.6 is 22.6 Å². The Hall–Kier alpha value is -1.37. The summed E-state index contributed by atoms with van der Waals surface area (Å²) in [5, 5.41) is 3.18. The minimum atomic E-state index is 0.632. The lowest BCUT2D eigenvalue weighted by atomic mass is 10.1. The van der Waals surface area contributed by atoms with Crippen molar-refractivity contribution in [3.63, 3.8) is 0 Å². The molecule has 0 unspecified atom stereocenters. The summed E-state index contributed by atoms with van der Waals surface area (Å²) in [4.78, 5) is 8.37. The molecule has 4 nitrogen and oxygen atoms in total. The van der Waals surface area contributed by atoms with Gasteiger partial charge in [-0.15, -0.1) is 0 Å². The van der Waals surface area contributed by atoms with Gasteiger partial charge in [0.15, 0.2) is 0 Å². The van der Waals surface area contributed by atoms with E-state index in [1.54, 1.807) is 12.4 Å². The lowest BCUT2D eigenvalue weighted by molar-refractivity contribution is 1.04. The number of halogens is 1. The summed E-state index contributed by atoms with van der Waals surface area (Å²) in [6.07, 6.45) is 3.56. The molecule has 0 amide bonds. The van der Waals surface area contributed by atoms with Gasteiger partial charge in [-0.25, -0.2) is 9.97 Å². The molecule has 0 bridgehead atoms. The number of nitrogens with two attached hydrogens (primary N) is 1. The molecule has 0 saturated carbocycles. The van der Waals surface area contributed by atoms with E-state index in [2.05, 4.69) is 37.9 Å². The maximum absolute atomic E-state index is 5.85. The van der Waals surface area contributed by atoms with Gasteiger partial charge in [0.25, 0.3) is 0 Å². The molecule has 0 spiro atoms. The van der Waals surface area contributed by atoms with Gasteiger partial charge in [-0.2, -0.15) is 0 Å². The van der Waals surface area contributed by atoms with Gasteiger partial charge < -0.3 is 11.1 Å². The lowest BCUT2D eigenvalue weighted by Crippen LogP contribution is -2.05. The van der Waals surface area contributed by atoms with Gasteiger partial charge in [0, 0.05) is 28.2 Å². The standard InChI is InChI=1S/C12H13IN4/c1-8-9(3-2-4-11(8)14)5-15-12-16-6-10(13)7-17-12/h2-4,6-7H,5,14H2,1H3,(H,15,16,17). The molecule has 1 aromatic carbocycles. The van der Waals surface area contributed by atoms with Gasteiger partial charge in [-0.1, -0.05) is 12.1 Å². The Morgan fingerprint density at radius 3 is 2.71 bits per heavy atom. The summed E-state index contributed by atoms with van der Waals surface area (Å²) in [5.41, 5.74) is 8.92. The molecule has 17 heavy (non-hydrogen) atoms. The fraction of sp³-hybridized carbons (Fsp3) is 0.167. The average Bonchev–Trinajstić information content (AvgIpc) is 2.33. The van der Waals surface area contributed by atoms with Crippen molar-refractivity contribution in [2.75, 3.05) is 11.1 Å². The SMILES string of the molecule is Cc1c(N)cccc1CNc1ncc(I)cn1. The van der Waals surface area contributed by atoms with Crippen molar-refractivity contribution in [1.29, 1.82) is 0 Å². The molecular weight excluding hydrogens is 327 g/mol. The minimum Gasteiger partial charge on any atom is -0.399 e. The summed E-state index contributed by atoms with van der Waals surface area (Å²) in [7, 11) is 0. The highest BCUT2D eigenvalue weighted by molar-refractivity contribution is 14.1. The Bertz CT molecular complexity index is 510. The Balaban J connectivity index is 2.07. The van der Waals surface area contributed by atoms with Crippen LogP contribution in [0.3, 0.4) is 0 Å². The van der Waals surface area contributed by atoms with Gasteiger partial charge >= 0.3 is 0 Å². The first-order valence-electron chi connectivity index (χ1n) is 5.22. The number of anilines is 2. The van der Waals surface area contributed by atoms with E-state index in [9.17, 15) is 0 Å². The minimum absolute atomic E-state index is 0.632. The molecule has 1 heterocycles. The summed E-state index contributed by atoms with van der Waals surface area (Å²) < 4.78 is 1.02. The van der Waals surface area contributed by atoms with Gasteiger partial charge in [0.05, 0.1) is 0 Å². The molecule has 5 heteroatoms. The van der Waals surface area contributed by atoms with Crippen molar-refractivity contribution < 1.29 is 0 Å². The van der Waals surface area contributed by atoms with Crippen LogP contribution in [0, 0.1) is 10.5 Å². The van der Waals surface area contributed by atoms with Gasteiger partial charge in [0.1, 0.15) is 0 Å². The first-order chi connectivity index (χ1) is 8.16. The molecule has 0 aliphatic heterocycles. The molecule has 88 valence electrons. The van der Waals surface area contributed by atoms with E-state index in [4.69, 9.17) is 5.73 Å². The van der Waals surface area contributed by atoms with Crippen molar-refractivity contribution in [2.24, 2.45) is 0 Å². The van der Waals surface area contributed by atoms with E-state index < -0.39 is 0 Å². The van der Waals surface area contributed by atoms with Gasteiger partial charge in [-0.05, 0) is 46.7 Å². The van der Waals surface area contributed by atoms with E-state index in [0.717, 1.165) is 20.4 Å². The zero-order valence-electron chi connectivity index (χ0n) is 9.44. The fourth-order valence-electron chi connectivity index (χ4n) is 1.47. The summed E-state index contributed by atoms with van der Waals surface area (Å²) in [6.45, 7) is 2.69. The van der Waals surface area contributed by atoms with E-state index in [1.165, 1.54) is 0 Å². The van der Waals surface area contributed by atoms with Crippen LogP contribution in [0.1, 0.15) is 11.1 Å². The van der Waals surface area contributed by atoms with Crippen LogP contribution in [0.25, 0.3) is 0 Å². The fourth-order valence-corrected chi connectivity index (χ4v) is 1.75. The molecule has 0 saturated heterocycles. The summed E-state index contributed by atoms with van der Waals surface area (Å²) in [5.74, 6) is 0.632. The number of hydrogen-bond donors (Lipinski definition) is 2. The molecule has 0 fully saturated rings. The molecule has 0 aliphatic carbocycles. The maximum atomic E-state index is 5.85. The van der Waals surface area contributed by atoms with Gasteiger partial charge in [-0.3, -0.25) is 0 Å². The van der Waals surface area contributed by atoms with E-state index >= 15 is 0 Å². The smallest absolute Gasteiger partial charge is 0.222 e. The molecule has 3 N–H and O–H groups in total. The number of nitrogens with zero attached hydrogens (tertiary/aromatic N) is 2. The third-order valence-electron chi connectivity index (χ3n) is 2.55. The zero-order chi connectivity index (χ0) is 12.3. The molecule has 0 radical (unpaired) electrons. The molecule has 0 aliphatic rings. The van der Waals surface area contributed by atoms with Crippen molar-refractivity contribution >= 4 is 34.2 Å². The van der Waals surface area contributed by atoms with Crippen LogP contribution in [-0.2, 0) is 6.54 Å². The number of nitrogens with one attached hydrogen (secondary N) is 1. The first kappa shape index (κ1) is 12.1. The molecule has 0 atom stereocenters. The van der Waals surface area contributed by atoms with Crippen LogP contribution in [0.15, 0.2) is 30.6 Å².